The van der Waals surface area contributed by atoms with Gasteiger partial charge in [-0.05, 0) is 20.5 Å². The van der Waals surface area contributed by atoms with Crippen LogP contribution in [-0.4, -0.2) is 58.9 Å². The van der Waals surface area contributed by atoms with Crippen LogP contribution in [0.3, 0.4) is 0 Å². The smallest absolute Gasteiger partial charge is 0.329 e. The Bertz CT molecular complexity index is 606. The number of hydrogen-bond donors (Lipinski definition) is 3. The Labute approximate surface area is 116 Å². The highest BCUT2D eigenvalue weighted by Gasteiger charge is 2.34. The van der Waals surface area contributed by atoms with E-state index < -0.39 is 17.4 Å². The summed E-state index contributed by atoms with van der Waals surface area (Å²) in [6.07, 6.45) is 0.0656. The molecule has 0 bridgehead atoms. The number of β-amino-alcohol motifs (C(OH)–C–C–N with tert-alkyl or cyclic N) is 1. The molecule has 2 rings (SSSR count). The van der Waals surface area contributed by atoms with Crippen molar-refractivity contribution < 1.29 is 5.11 Å². The second kappa shape index (κ2) is 5.29. The molecule has 8 heteroatoms. The third kappa shape index (κ3) is 2.56. The summed E-state index contributed by atoms with van der Waals surface area (Å²) in [6.45, 7) is 1.03. The monoisotopic (exact) mass is 283 g/mol. The first-order valence-electron chi connectivity index (χ1n) is 6.49. The predicted octanol–water partition coefficient (Wildman–Crippen LogP) is -1.84. The fourth-order valence-corrected chi connectivity index (χ4v) is 2.66. The molecule has 2 atom stereocenters. The minimum absolute atomic E-state index is 0.0131. The molecule has 0 saturated carbocycles. The number of aliphatic hydroxyl groups is 1. The van der Waals surface area contributed by atoms with Gasteiger partial charge in [0.1, 0.15) is 11.5 Å². The molecule has 1 aliphatic rings. The van der Waals surface area contributed by atoms with Crippen molar-refractivity contribution in [3.63, 3.8) is 0 Å². The van der Waals surface area contributed by atoms with Crippen molar-refractivity contribution in [1.82, 2.24) is 14.5 Å². The summed E-state index contributed by atoms with van der Waals surface area (Å²) < 4.78 is 1.20. The highest BCUT2D eigenvalue weighted by atomic mass is 16.3. The number of likely N-dealkylation sites (N-methyl/N-ethyl adjacent to an activating group) is 1. The largest absolute Gasteiger partial charge is 0.391 e. The number of aromatic nitrogens is 2. The molecular weight excluding hydrogens is 262 g/mol. The van der Waals surface area contributed by atoms with Crippen LogP contribution in [0.4, 0.5) is 11.5 Å². The first kappa shape index (κ1) is 14.6. The summed E-state index contributed by atoms with van der Waals surface area (Å²) in [5.41, 5.74) is 5.12. The van der Waals surface area contributed by atoms with Gasteiger partial charge in [-0.25, -0.2) is 4.79 Å². The molecule has 4 N–H and O–H groups in total. The van der Waals surface area contributed by atoms with Crippen LogP contribution >= 0.6 is 0 Å². The average molecular weight is 283 g/mol. The van der Waals surface area contributed by atoms with E-state index in [4.69, 9.17) is 5.73 Å². The lowest BCUT2D eigenvalue weighted by Gasteiger charge is -2.29. The number of aromatic amines is 1. The van der Waals surface area contributed by atoms with Crippen LogP contribution in [0.5, 0.6) is 0 Å². The first-order chi connectivity index (χ1) is 9.31. The molecule has 1 aromatic rings. The molecule has 1 aliphatic heterocycles. The Morgan fingerprint density at radius 1 is 1.45 bits per heavy atom. The van der Waals surface area contributed by atoms with Crippen molar-refractivity contribution in [3.8, 4) is 0 Å². The lowest BCUT2D eigenvalue weighted by Crippen LogP contribution is -2.43. The number of H-pyrrole nitrogens is 1. The van der Waals surface area contributed by atoms with E-state index in [1.54, 1.807) is 4.90 Å². The van der Waals surface area contributed by atoms with Crippen molar-refractivity contribution >= 4 is 11.5 Å². The Balaban J connectivity index is 2.47. The molecule has 1 fully saturated rings. The Hall–Kier alpha value is -1.80. The van der Waals surface area contributed by atoms with Crippen LogP contribution in [0.15, 0.2) is 9.59 Å². The number of aliphatic hydroxyl groups excluding tert-OH is 1. The maximum atomic E-state index is 12.1. The van der Waals surface area contributed by atoms with Crippen LogP contribution in [0, 0.1) is 0 Å². The maximum absolute atomic E-state index is 12.1. The van der Waals surface area contributed by atoms with E-state index in [-0.39, 0.29) is 17.5 Å². The number of rotatable bonds is 3. The van der Waals surface area contributed by atoms with Crippen molar-refractivity contribution in [1.29, 1.82) is 0 Å². The number of nitrogens with zero attached hydrogens (tertiary/aromatic N) is 3. The molecular formula is C12H21N5O3. The van der Waals surface area contributed by atoms with Gasteiger partial charge in [-0.3, -0.25) is 14.3 Å². The van der Waals surface area contributed by atoms with E-state index in [1.807, 2.05) is 19.0 Å². The fraction of sp³-hybridized carbons (Fsp3) is 0.667. The Morgan fingerprint density at radius 3 is 2.70 bits per heavy atom. The van der Waals surface area contributed by atoms with Gasteiger partial charge >= 0.3 is 5.69 Å². The zero-order valence-corrected chi connectivity index (χ0v) is 12.0. The van der Waals surface area contributed by atoms with Crippen LogP contribution in [0.25, 0.3) is 0 Å². The maximum Gasteiger partial charge on any atom is 0.329 e. The second-order valence-electron chi connectivity index (χ2n) is 5.51. The Kier molecular flexibility index (Phi) is 3.87. The van der Waals surface area contributed by atoms with E-state index in [0.29, 0.717) is 19.5 Å². The summed E-state index contributed by atoms with van der Waals surface area (Å²) in [4.78, 5) is 29.6. The fourth-order valence-electron chi connectivity index (χ4n) is 2.66. The average Bonchev–Trinajstić information content (AvgIpc) is 2.66. The lowest BCUT2D eigenvalue weighted by atomic mass is 10.2. The third-order valence-electron chi connectivity index (χ3n) is 3.60. The van der Waals surface area contributed by atoms with Crippen molar-refractivity contribution in [2.75, 3.05) is 37.8 Å². The van der Waals surface area contributed by atoms with Crippen LogP contribution in [0.1, 0.15) is 6.42 Å². The summed E-state index contributed by atoms with van der Waals surface area (Å²) in [7, 11) is 5.36. The predicted molar refractivity (Wildman–Crippen MR) is 77.0 cm³/mol. The van der Waals surface area contributed by atoms with Crippen LogP contribution in [-0.2, 0) is 7.05 Å². The molecule has 1 saturated heterocycles. The molecule has 0 aliphatic carbocycles. The minimum atomic E-state index is -0.542. The molecule has 112 valence electrons. The third-order valence-corrected chi connectivity index (χ3v) is 3.60. The molecule has 1 aromatic heterocycles. The zero-order valence-electron chi connectivity index (χ0n) is 12.0. The van der Waals surface area contributed by atoms with Gasteiger partial charge in [0.15, 0.2) is 0 Å². The van der Waals surface area contributed by atoms with Crippen molar-refractivity contribution in [2.45, 2.75) is 18.6 Å². The summed E-state index contributed by atoms with van der Waals surface area (Å²) in [6, 6.07) is -0.0131. The van der Waals surface area contributed by atoms with E-state index in [2.05, 4.69) is 4.98 Å². The number of nitrogens with two attached hydrogens (primary N) is 1. The zero-order chi connectivity index (χ0) is 15.0. The summed E-state index contributed by atoms with van der Waals surface area (Å²) in [5, 5.41) is 9.87. The standard InChI is InChI=1S/C12H21N5O3/c1-15(2)5-7-4-8(18)6-17(7)9-10(13)16(3)12(20)14-11(9)19/h7-8,18H,4-6,13H2,1-3H3,(H,14,19,20). The van der Waals surface area contributed by atoms with Crippen LogP contribution in [0.2, 0.25) is 0 Å². The highest BCUT2D eigenvalue weighted by Crippen LogP contribution is 2.26. The van der Waals surface area contributed by atoms with Crippen molar-refractivity contribution in [2.24, 2.45) is 7.05 Å². The normalized spacial score (nSPS) is 22.8. The first-order valence-corrected chi connectivity index (χ1v) is 6.49. The van der Waals surface area contributed by atoms with E-state index >= 15 is 0 Å². The molecule has 20 heavy (non-hydrogen) atoms. The van der Waals surface area contributed by atoms with Gasteiger partial charge in [-0.2, -0.15) is 0 Å². The SMILES string of the molecule is CN(C)CC1CC(O)CN1c1c(N)n(C)c(=O)[nH]c1=O. The van der Waals surface area contributed by atoms with Gasteiger partial charge in [0.05, 0.1) is 6.10 Å². The molecule has 0 amide bonds. The van der Waals surface area contributed by atoms with E-state index in [9.17, 15) is 14.7 Å². The van der Waals surface area contributed by atoms with E-state index in [0.717, 1.165) is 0 Å². The van der Waals surface area contributed by atoms with Gasteiger partial charge < -0.3 is 20.6 Å². The highest BCUT2D eigenvalue weighted by molar-refractivity contribution is 5.63. The Morgan fingerprint density at radius 2 is 2.10 bits per heavy atom. The van der Waals surface area contributed by atoms with Gasteiger partial charge in [0.25, 0.3) is 5.56 Å². The topological polar surface area (TPSA) is 108 Å². The van der Waals surface area contributed by atoms with Gasteiger partial charge in [0.2, 0.25) is 0 Å². The van der Waals surface area contributed by atoms with Crippen LogP contribution < -0.4 is 21.9 Å². The van der Waals surface area contributed by atoms with Gasteiger partial charge in [-0.1, -0.05) is 0 Å². The number of nitrogen functional groups attached to an aromatic ring is 1. The second-order valence-corrected chi connectivity index (χ2v) is 5.51. The molecule has 0 radical (unpaired) electrons. The minimum Gasteiger partial charge on any atom is -0.391 e. The molecule has 2 heterocycles. The number of nitrogens with one attached hydrogen (secondary N) is 1. The molecule has 0 aromatic carbocycles. The molecule has 8 nitrogen and oxygen atoms in total. The number of anilines is 2. The quantitative estimate of drug-likeness (QED) is 0.601. The number of hydrogen-bond acceptors (Lipinski definition) is 6. The molecule has 0 spiro atoms. The molecule has 2 unspecified atom stereocenters. The summed E-state index contributed by atoms with van der Waals surface area (Å²) >= 11 is 0. The van der Waals surface area contributed by atoms with Gasteiger partial charge in [-0.15, -0.1) is 0 Å². The van der Waals surface area contributed by atoms with E-state index in [1.165, 1.54) is 11.6 Å². The van der Waals surface area contributed by atoms with Gasteiger partial charge in [0, 0.05) is 26.2 Å². The summed E-state index contributed by atoms with van der Waals surface area (Å²) in [5.74, 6) is 0.122. The van der Waals surface area contributed by atoms with Crippen molar-refractivity contribution in [3.05, 3.63) is 20.8 Å². The lowest BCUT2D eigenvalue weighted by molar-refractivity contribution is 0.191.